The van der Waals surface area contributed by atoms with Crippen LogP contribution in [0.3, 0.4) is 0 Å². The van der Waals surface area contributed by atoms with Gasteiger partial charge in [-0.05, 0) is 85.8 Å². The van der Waals surface area contributed by atoms with E-state index in [2.05, 4.69) is 30.0 Å². The molecule has 0 spiro atoms. The molecule has 0 unspecified atom stereocenters. The van der Waals surface area contributed by atoms with Gasteiger partial charge in [0.25, 0.3) is 5.56 Å². The number of aryl methyl sites for hydroxylation is 1. The van der Waals surface area contributed by atoms with Crippen molar-refractivity contribution >= 4 is 30.7 Å². The fourth-order valence-corrected chi connectivity index (χ4v) is 6.41. The van der Waals surface area contributed by atoms with Gasteiger partial charge in [0, 0.05) is 19.6 Å². The Balaban J connectivity index is 1.34. The molecule has 1 heterocycles. The fraction of sp³-hybridized carbons (Fsp3) is 0.382. The molecule has 0 radical (unpaired) electrons. The highest BCUT2D eigenvalue weighted by atomic mass is 28.3. The predicted octanol–water partition coefficient (Wildman–Crippen LogP) is 6.22. The molecule has 0 N–H and O–H groups in total. The summed E-state index contributed by atoms with van der Waals surface area (Å²) in [5, 5.41) is 8.86. The van der Waals surface area contributed by atoms with Gasteiger partial charge in [-0.15, -0.1) is 5.10 Å². The van der Waals surface area contributed by atoms with Gasteiger partial charge < -0.3 is 9.47 Å². The normalized spacial score (nSPS) is 18.3. The van der Waals surface area contributed by atoms with E-state index in [1.54, 1.807) is 48.5 Å². The van der Waals surface area contributed by atoms with Gasteiger partial charge >= 0.3 is 5.97 Å². The number of nitrogens with zero attached hydrogens (tertiary/aromatic N) is 3. The van der Waals surface area contributed by atoms with Crippen LogP contribution in [0.15, 0.2) is 71.5 Å². The lowest BCUT2D eigenvalue weighted by Crippen LogP contribution is -2.36. The third-order valence-electron chi connectivity index (χ3n) is 8.24. The molecule has 5 rings (SSSR count). The van der Waals surface area contributed by atoms with Crippen LogP contribution in [0.25, 0.3) is 10.9 Å². The zero-order chi connectivity index (χ0) is 31.4. The molecular formula is C34H38FN3O5Si. The number of benzene rings is 3. The Hall–Kier alpha value is -4.18. The Kier molecular flexibility index (Phi) is 9.38. The molecule has 0 saturated heterocycles. The Labute approximate surface area is 257 Å². The molecule has 1 aliphatic rings. The van der Waals surface area contributed by atoms with Crippen LogP contribution in [0, 0.1) is 30.5 Å². The van der Waals surface area contributed by atoms with Crippen molar-refractivity contribution in [2.75, 3.05) is 6.61 Å². The van der Waals surface area contributed by atoms with Crippen LogP contribution < -0.4 is 10.3 Å². The molecule has 3 atom stereocenters. The van der Waals surface area contributed by atoms with Crippen LogP contribution in [0.1, 0.15) is 34.3 Å². The van der Waals surface area contributed by atoms with Gasteiger partial charge in [-0.1, -0.05) is 48.6 Å². The lowest BCUT2D eigenvalue weighted by Gasteiger charge is -2.24. The molecule has 3 aromatic carbocycles. The summed E-state index contributed by atoms with van der Waals surface area (Å²) in [5.41, 5.74) is 2.49. The summed E-state index contributed by atoms with van der Waals surface area (Å²) >= 11 is 0. The van der Waals surface area contributed by atoms with E-state index < -0.39 is 25.9 Å². The molecule has 4 aromatic rings. The minimum atomic E-state index is -1.44. The maximum atomic E-state index is 13.8. The van der Waals surface area contributed by atoms with Crippen LogP contribution in [-0.2, 0) is 22.7 Å². The maximum absolute atomic E-state index is 13.8. The zero-order valence-corrected chi connectivity index (χ0v) is 26.6. The first kappa shape index (κ1) is 31.2. The summed E-state index contributed by atoms with van der Waals surface area (Å²) in [6.45, 7) is 9.30. The van der Waals surface area contributed by atoms with Crippen LogP contribution in [-0.4, -0.2) is 41.4 Å². The Morgan fingerprint density at radius 1 is 1.00 bits per heavy atom. The molecule has 1 aromatic heterocycles. The monoisotopic (exact) mass is 615 g/mol. The smallest absolute Gasteiger partial charge is 0.310 e. The third kappa shape index (κ3) is 7.47. The van der Waals surface area contributed by atoms with Gasteiger partial charge in [-0.3, -0.25) is 14.4 Å². The summed E-state index contributed by atoms with van der Waals surface area (Å²) < 4.78 is 26.1. The Morgan fingerprint density at radius 2 is 1.73 bits per heavy atom. The van der Waals surface area contributed by atoms with E-state index >= 15 is 0 Å². The van der Waals surface area contributed by atoms with E-state index in [1.807, 2.05) is 13.0 Å². The summed E-state index contributed by atoms with van der Waals surface area (Å²) in [4.78, 5) is 40.7. The summed E-state index contributed by atoms with van der Waals surface area (Å²) in [7, 11) is -1.44. The van der Waals surface area contributed by atoms with Gasteiger partial charge in [0.05, 0.1) is 24.5 Å². The van der Waals surface area contributed by atoms with Crippen molar-refractivity contribution in [3.05, 3.63) is 99.6 Å². The molecule has 0 amide bonds. The molecule has 0 bridgehead atoms. The second kappa shape index (κ2) is 13.2. The fourth-order valence-electron chi connectivity index (χ4n) is 5.70. The Bertz CT molecular complexity index is 1700. The molecule has 230 valence electrons. The number of carbonyl (C=O) groups is 2. The summed E-state index contributed by atoms with van der Waals surface area (Å²) in [5.74, 6) is -1.88. The minimum Gasteiger partial charge on any atom is -0.489 e. The number of hydrogen-bond acceptors (Lipinski definition) is 7. The van der Waals surface area contributed by atoms with Crippen molar-refractivity contribution in [3.63, 3.8) is 0 Å². The highest BCUT2D eigenvalue weighted by molar-refractivity contribution is 6.76. The van der Waals surface area contributed by atoms with E-state index in [0.29, 0.717) is 41.7 Å². The third-order valence-corrected chi connectivity index (χ3v) is 9.94. The number of aromatic nitrogens is 3. The average molecular weight is 616 g/mol. The Morgan fingerprint density at radius 3 is 2.43 bits per heavy atom. The SMILES string of the molecule is Cc1ccc2nnn(C[C@@H]3CC[C@H](C(=O)c4ccc(OCc5ccc(F)cc5)cc4)[C@H]3C(=O)OCC[Si](C)(C)C)c(=O)c2c1. The van der Waals surface area contributed by atoms with Crippen LogP contribution in [0.2, 0.25) is 25.7 Å². The van der Waals surface area contributed by atoms with Gasteiger partial charge in [-0.25, -0.2) is 9.07 Å². The standard InChI is InChI=1S/C34H38FN3O5Si/c1-22-5-16-30-29(19-22)33(40)38(37-36-30)20-25-10-15-28(31(25)34(41)42-17-18-44(2,3)4)32(39)24-8-13-27(14-9-24)43-21-23-6-11-26(35)12-7-23/h5-9,11-14,16,19,25,28,31H,10,15,17-18,20-21H2,1-4H3/t25-,28-,31-/m0/s1. The first-order chi connectivity index (χ1) is 21.0. The molecule has 1 aliphatic carbocycles. The number of esters is 1. The number of fused-ring (bicyclic) bond motifs is 1. The first-order valence-electron chi connectivity index (χ1n) is 15.0. The molecule has 8 nitrogen and oxygen atoms in total. The number of ketones is 1. The number of halogens is 1. The van der Waals surface area contributed by atoms with E-state index in [-0.39, 0.29) is 36.2 Å². The first-order valence-corrected chi connectivity index (χ1v) is 18.7. The van der Waals surface area contributed by atoms with Crippen molar-refractivity contribution in [1.29, 1.82) is 0 Å². The highest BCUT2D eigenvalue weighted by Crippen LogP contribution is 2.41. The minimum absolute atomic E-state index is 0.141. The number of rotatable bonds is 11. The number of Topliss-reactive ketones (excluding diaryl/α,β-unsaturated/α-hetero) is 1. The molecular weight excluding hydrogens is 577 g/mol. The number of carbonyl (C=O) groups excluding carboxylic acids is 2. The van der Waals surface area contributed by atoms with Gasteiger partial charge in [0.1, 0.15) is 23.7 Å². The average Bonchev–Trinajstić information content (AvgIpc) is 3.41. The highest BCUT2D eigenvalue weighted by Gasteiger charge is 2.46. The van der Waals surface area contributed by atoms with Crippen LogP contribution >= 0.6 is 0 Å². The van der Waals surface area contributed by atoms with E-state index in [0.717, 1.165) is 17.2 Å². The van der Waals surface area contributed by atoms with E-state index in [9.17, 15) is 18.8 Å². The van der Waals surface area contributed by atoms with Crippen LogP contribution in [0.5, 0.6) is 5.75 Å². The van der Waals surface area contributed by atoms with Gasteiger partial charge in [-0.2, -0.15) is 0 Å². The second-order valence-corrected chi connectivity index (χ2v) is 18.5. The molecule has 10 heteroatoms. The van der Waals surface area contributed by atoms with Gasteiger partial charge in [0.15, 0.2) is 5.78 Å². The summed E-state index contributed by atoms with van der Waals surface area (Å²) in [6, 6.07) is 19.2. The quantitative estimate of drug-likeness (QED) is 0.112. The van der Waals surface area contributed by atoms with E-state index in [1.165, 1.54) is 16.8 Å². The largest absolute Gasteiger partial charge is 0.489 e. The van der Waals surface area contributed by atoms with Crippen molar-refractivity contribution in [3.8, 4) is 5.75 Å². The lowest BCUT2D eigenvalue weighted by molar-refractivity contribution is -0.150. The number of ether oxygens (including phenoxy) is 2. The van der Waals surface area contributed by atoms with Crippen molar-refractivity contribution in [2.45, 2.75) is 58.6 Å². The van der Waals surface area contributed by atoms with Crippen LogP contribution in [0.4, 0.5) is 4.39 Å². The topological polar surface area (TPSA) is 100 Å². The molecule has 1 saturated carbocycles. The van der Waals surface area contributed by atoms with Crippen molar-refractivity contribution in [2.24, 2.45) is 17.8 Å². The maximum Gasteiger partial charge on any atom is 0.310 e. The summed E-state index contributed by atoms with van der Waals surface area (Å²) in [6.07, 6.45) is 1.07. The molecule has 1 fully saturated rings. The molecule has 0 aliphatic heterocycles. The zero-order valence-electron chi connectivity index (χ0n) is 25.6. The lowest BCUT2D eigenvalue weighted by atomic mass is 9.84. The molecule has 44 heavy (non-hydrogen) atoms. The second-order valence-electron chi connectivity index (χ2n) is 12.8. The number of hydrogen-bond donors (Lipinski definition) is 0. The van der Waals surface area contributed by atoms with Crippen molar-refractivity contribution in [1.82, 2.24) is 15.0 Å². The van der Waals surface area contributed by atoms with Gasteiger partial charge in [0.2, 0.25) is 0 Å². The van der Waals surface area contributed by atoms with E-state index in [4.69, 9.17) is 9.47 Å². The van der Waals surface area contributed by atoms with Crippen molar-refractivity contribution < 1.29 is 23.5 Å². The predicted molar refractivity (Wildman–Crippen MR) is 169 cm³/mol.